The Labute approximate surface area is 226 Å². The average molecular weight is 543 g/mol. The molecule has 2 aromatic carbocycles. The van der Waals surface area contributed by atoms with Gasteiger partial charge in [-0.2, -0.15) is 4.98 Å². The summed E-state index contributed by atoms with van der Waals surface area (Å²) in [7, 11) is 0. The van der Waals surface area contributed by atoms with E-state index in [-0.39, 0.29) is 6.10 Å². The fourth-order valence-corrected chi connectivity index (χ4v) is 4.77. The predicted octanol–water partition coefficient (Wildman–Crippen LogP) is 6.26. The van der Waals surface area contributed by atoms with Crippen molar-refractivity contribution in [1.82, 2.24) is 14.8 Å². The van der Waals surface area contributed by atoms with E-state index in [1.165, 1.54) is 11.8 Å². The summed E-state index contributed by atoms with van der Waals surface area (Å²) in [5.74, 6) is 2.12. The van der Waals surface area contributed by atoms with Crippen molar-refractivity contribution >= 4 is 35.3 Å². The van der Waals surface area contributed by atoms with Crippen LogP contribution in [-0.4, -0.2) is 39.2 Å². The molecule has 0 radical (unpaired) electrons. The van der Waals surface area contributed by atoms with Crippen molar-refractivity contribution in [3.63, 3.8) is 0 Å². The van der Waals surface area contributed by atoms with E-state index in [2.05, 4.69) is 10.3 Å². The number of aromatic nitrogens is 3. The number of carbonyl (C=O) groups excluding carboxylic acids is 1. The summed E-state index contributed by atoms with van der Waals surface area (Å²) in [5.41, 5.74) is 2.80. The van der Waals surface area contributed by atoms with Crippen molar-refractivity contribution in [3.8, 4) is 11.5 Å². The van der Waals surface area contributed by atoms with Gasteiger partial charge in [0.2, 0.25) is 11.1 Å². The monoisotopic (exact) mass is 542 g/mol. The Morgan fingerprint density at radius 3 is 2.65 bits per heavy atom. The second-order valence-electron chi connectivity index (χ2n) is 8.64. The van der Waals surface area contributed by atoms with Crippen LogP contribution in [0.2, 0.25) is 5.02 Å². The van der Waals surface area contributed by atoms with Gasteiger partial charge in [-0.1, -0.05) is 54.6 Å². The smallest absolute Gasteiger partial charge is 0.338 e. The SMILES string of the molecule is CCOc1cc(C2C(C(=O)OC(C)C)=C(C)Nc3nc(SCC)nn32)ccc1OCc1ccccc1Cl. The highest BCUT2D eigenvalue weighted by Gasteiger charge is 2.36. The zero-order valence-corrected chi connectivity index (χ0v) is 23.2. The van der Waals surface area contributed by atoms with Gasteiger partial charge in [0.15, 0.2) is 11.5 Å². The van der Waals surface area contributed by atoms with E-state index >= 15 is 0 Å². The molecule has 3 aromatic rings. The Morgan fingerprint density at radius 1 is 1.16 bits per heavy atom. The van der Waals surface area contributed by atoms with Crippen LogP contribution in [0.3, 0.4) is 0 Å². The molecule has 10 heteroatoms. The normalized spacial score (nSPS) is 14.8. The molecule has 1 unspecified atom stereocenters. The van der Waals surface area contributed by atoms with Gasteiger partial charge in [0, 0.05) is 16.3 Å². The lowest BCUT2D eigenvalue weighted by Gasteiger charge is -2.29. The van der Waals surface area contributed by atoms with Crippen molar-refractivity contribution in [2.24, 2.45) is 0 Å². The zero-order chi connectivity index (χ0) is 26.5. The van der Waals surface area contributed by atoms with Gasteiger partial charge in [-0.25, -0.2) is 9.48 Å². The van der Waals surface area contributed by atoms with E-state index in [1.807, 2.05) is 77.1 Å². The summed E-state index contributed by atoms with van der Waals surface area (Å²) < 4.78 is 19.4. The van der Waals surface area contributed by atoms with Crippen molar-refractivity contribution in [2.45, 2.75) is 58.5 Å². The van der Waals surface area contributed by atoms with E-state index in [0.29, 0.717) is 52.1 Å². The van der Waals surface area contributed by atoms with Crippen molar-refractivity contribution < 1.29 is 19.0 Å². The predicted molar refractivity (Wildman–Crippen MR) is 146 cm³/mol. The Balaban J connectivity index is 1.75. The number of halogens is 1. The summed E-state index contributed by atoms with van der Waals surface area (Å²) in [4.78, 5) is 17.9. The minimum Gasteiger partial charge on any atom is -0.490 e. The van der Waals surface area contributed by atoms with Gasteiger partial charge in [-0.3, -0.25) is 0 Å². The average Bonchev–Trinajstić information content (AvgIpc) is 3.25. The van der Waals surface area contributed by atoms with E-state index in [0.717, 1.165) is 16.9 Å². The van der Waals surface area contributed by atoms with E-state index < -0.39 is 12.0 Å². The fraction of sp³-hybridized carbons (Fsp3) is 0.370. The third kappa shape index (κ3) is 6.05. The largest absolute Gasteiger partial charge is 0.490 e. The van der Waals surface area contributed by atoms with Crippen molar-refractivity contribution in [2.75, 3.05) is 17.7 Å². The molecular weight excluding hydrogens is 512 g/mol. The lowest BCUT2D eigenvalue weighted by Crippen LogP contribution is -2.30. The number of carbonyl (C=O) groups is 1. The third-order valence-corrected chi connectivity index (χ3v) is 6.68. The lowest BCUT2D eigenvalue weighted by atomic mass is 9.95. The molecule has 37 heavy (non-hydrogen) atoms. The van der Waals surface area contributed by atoms with Gasteiger partial charge in [0.25, 0.3) is 0 Å². The molecule has 1 aliphatic rings. The Kier molecular flexibility index (Phi) is 8.66. The van der Waals surface area contributed by atoms with Gasteiger partial charge in [-0.15, -0.1) is 5.10 Å². The maximum atomic E-state index is 13.3. The van der Waals surface area contributed by atoms with E-state index in [4.69, 9.17) is 30.9 Å². The van der Waals surface area contributed by atoms with Gasteiger partial charge in [0.1, 0.15) is 12.6 Å². The number of esters is 1. The Hall–Kier alpha value is -3.17. The number of nitrogens with one attached hydrogen (secondary N) is 1. The topological polar surface area (TPSA) is 87.5 Å². The second-order valence-corrected chi connectivity index (χ2v) is 10.3. The number of hydrogen-bond donors (Lipinski definition) is 1. The van der Waals surface area contributed by atoms with Crippen LogP contribution in [0.15, 0.2) is 58.9 Å². The number of nitrogens with zero attached hydrogens (tertiary/aromatic N) is 3. The van der Waals surface area contributed by atoms with Crippen LogP contribution in [-0.2, 0) is 16.1 Å². The number of benzene rings is 2. The Bertz CT molecular complexity index is 1310. The van der Waals surface area contributed by atoms with Crippen molar-refractivity contribution in [3.05, 3.63) is 69.9 Å². The maximum Gasteiger partial charge on any atom is 0.338 e. The quantitative estimate of drug-likeness (QED) is 0.237. The minimum absolute atomic E-state index is 0.267. The minimum atomic E-state index is -0.557. The van der Waals surface area contributed by atoms with Gasteiger partial charge >= 0.3 is 5.97 Å². The maximum absolute atomic E-state index is 13.3. The molecule has 4 rings (SSSR count). The molecule has 0 spiro atoms. The molecule has 1 N–H and O–H groups in total. The molecule has 1 aromatic heterocycles. The van der Waals surface area contributed by atoms with Crippen LogP contribution >= 0.6 is 23.4 Å². The zero-order valence-electron chi connectivity index (χ0n) is 21.6. The van der Waals surface area contributed by atoms with E-state index in [1.54, 1.807) is 4.68 Å². The number of thioether (sulfide) groups is 1. The number of rotatable bonds is 10. The molecule has 1 atom stereocenters. The van der Waals surface area contributed by atoms with Gasteiger partial charge in [-0.05, 0) is 57.2 Å². The Morgan fingerprint density at radius 2 is 1.95 bits per heavy atom. The van der Waals surface area contributed by atoms with Crippen LogP contribution in [0.25, 0.3) is 0 Å². The summed E-state index contributed by atoms with van der Waals surface area (Å²) in [6.07, 6.45) is -0.267. The highest BCUT2D eigenvalue weighted by molar-refractivity contribution is 7.99. The molecular formula is C27H31ClN4O4S. The molecule has 1 aliphatic heterocycles. The molecule has 0 aliphatic carbocycles. The second kappa shape index (κ2) is 11.9. The molecule has 8 nitrogen and oxygen atoms in total. The van der Waals surface area contributed by atoms with Gasteiger partial charge in [0.05, 0.1) is 18.3 Å². The first-order valence-corrected chi connectivity index (χ1v) is 13.6. The first-order chi connectivity index (χ1) is 17.8. The van der Waals surface area contributed by atoms with Crippen LogP contribution < -0.4 is 14.8 Å². The van der Waals surface area contributed by atoms with Crippen LogP contribution in [0, 0.1) is 0 Å². The highest BCUT2D eigenvalue weighted by atomic mass is 35.5. The number of ether oxygens (including phenoxy) is 3. The number of hydrogen-bond acceptors (Lipinski definition) is 8. The molecule has 0 bridgehead atoms. The summed E-state index contributed by atoms with van der Waals surface area (Å²) in [6, 6.07) is 12.6. The summed E-state index contributed by atoms with van der Waals surface area (Å²) >= 11 is 7.84. The van der Waals surface area contributed by atoms with Crippen molar-refractivity contribution in [1.29, 1.82) is 0 Å². The van der Waals surface area contributed by atoms with Crippen LogP contribution in [0.5, 0.6) is 11.5 Å². The molecule has 0 saturated heterocycles. The highest BCUT2D eigenvalue weighted by Crippen LogP contribution is 2.40. The lowest BCUT2D eigenvalue weighted by molar-refractivity contribution is -0.143. The molecule has 0 amide bonds. The fourth-order valence-electron chi connectivity index (χ4n) is 4.02. The molecule has 196 valence electrons. The van der Waals surface area contributed by atoms with Crippen LogP contribution in [0.4, 0.5) is 5.95 Å². The third-order valence-electron chi connectivity index (χ3n) is 5.59. The van der Waals surface area contributed by atoms with Crippen LogP contribution in [0.1, 0.15) is 51.8 Å². The molecule has 0 fully saturated rings. The molecule has 0 saturated carbocycles. The standard InChI is InChI=1S/C27H31ClN4O4S/c1-6-34-22-14-18(12-13-21(22)35-15-19-10-8-9-11-20(19)28)24-23(25(33)36-16(3)4)17(5)29-26-30-27(37-7-2)31-32(24)26/h8-14,16,24H,6-7,15H2,1-5H3,(H,29,30,31). The first kappa shape index (κ1) is 26.9. The van der Waals surface area contributed by atoms with E-state index in [9.17, 15) is 4.79 Å². The summed E-state index contributed by atoms with van der Waals surface area (Å²) in [6.45, 7) is 10.2. The number of anilines is 1. The number of fused-ring (bicyclic) bond motifs is 1. The first-order valence-electron chi connectivity index (χ1n) is 12.2. The van der Waals surface area contributed by atoms with Gasteiger partial charge < -0.3 is 19.5 Å². The number of allylic oxidation sites excluding steroid dienone is 1. The summed E-state index contributed by atoms with van der Waals surface area (Å²) in [5, 5.41) is 9.20. The molecule has 2 heterocycles.